The second-order valence-electron chi connectivity index (χ2n) is 9.03. The minimum absolute atomic E-state index is 0. The summed E-state index contributed by atoms with van der Waals surface area (Å²) in [6.45, 7) is 4.86. The van der Waals surface area contributed by atoms with Crippen molar-refractivity contribution >= 4 is 40.5 Å². The molecule has 182 valence electrons. The summed E-state index contributed by atoms with van der Waals surface area (Å²) < 4.78 is 0. The Morgan fingerprint density at radius 1 is 1.15 bits per heavy atom. The smallest absolute Gasteiger partial charge is 0.206 e. The number of hydrogen-bond acceptors (Lipinski definition) is 9. The van der Waals surface area contributed by atoms with Gasteiger partial charge in [0, 0.05) is 20.0 Å². The Labute approximate surface area is 202 Å². The minimum atomic E-state index is -2.53. The van der Waals surface area contributed by atoms with Crippen LogP contribution in [0.1, 0.15) is 34.0 Å². The van der Waals surface area contributed by atoms with E-state index in [4.69, 9.17) is 5.73 Å². The van der Waals surface area contributed by atoms with Crippen LogP contribution < -0.4 is 5.73 Å². The zero-order valence-electron chi connectivity index (χ0n) is 19.5. The normalized spacial score (nSPS) is 24.6. The van der Waals surface area contributed by atoms with Gasteiger partial charge in [-0.05, 0) is 49.3 Å². The largest absolute Gasteiger partial charge is 0.508 e. The van der Waals surface area contributed by atoms with E-state index >= 15 is 0 Å². The maximum absolute atomic E-state index is 13.7. The molecule has 9 nitrogen and oxygen atoms in total. The van der Waals surface area contributed by atoms with Crippen molar-refractivity contribution in [1.29, 1.82) is 0 Å². The van der Waals surface area contributed by atoms with Crippen molar-refractivity contribution in [3.8, 4) is 11.5 Å². The van der Waals surface area contributed by atoms with Crippen molar-refractivity contribution in [2.45, 2.75) is 38.8 Å². The molecule has 0 spiro atoms. The summed E-state index contributed by atoms with van der Waals surface area (Å²) >= 11 is 0. The Morgan fingerprint density at radius 2 is 1.76 bits per heavy atom. The molecule has 0 fully saturated rings. The summed E-state index contributed by atoms with van der Waals surface area (Å²) in [4.78, 5) is 26.8. The molecule has 0 heterocycles. The van der Waals surface area contributed by atoms with Crippen LogP contribution in [0.25, 0.3) is 10.8 Å². The van der Waals surface area contributed by atoms with Gasteiger partial charge in [0.05, 0.1) is 28.3 Å². The summed E-state index contributed by atoms with van der Waals surface area (Å²) in [6, 6.07) is 2.14. The van der Waals surface area contributed by atoms with Crippen molar-refractivity contribution in [1.82, 2.24) is 5.01 Å². The van der Waals surface area contributed by atoms with Crippen LogP contribution in [0.5, 0.6) is 11.5 Å². The van der Waals surface area contributed by atoms with Crippen LogP contribution in [0, 0.1) is 19.8 Å². The van der Waals surface area contributed by atoms with E-state index in [1.807, 2.05) is 0 Å². The average molecular weight is 490 g/mol. The van der Waals surface area contributed by atoms with Crippen molar-refractivity contribution in [2.75, 3.05) is 14.1 Å². The molecule has 34 heavy (non-hydrogen) atoms. The first-order chi connectivity index (χ1) is 15.3. The summed E-state index contributed by atoms with van der Waals surface area (Å²) in [6.07, 6.45) is -0.0321. The number of aliphatic hydroxyl groups is 2. The number of aliphatic hydroxyl groups excluding tert-OH is 1. The lowest BCUT2D eigenvalue weighted by Crippen LogP contribution is -2.63. The molecule has 2 aliphatic rings. The third-order valence-electron chi connectivity index (χ3n) is 6.84. The number of halogens is 1. The number of aryl methyl sites for hydroxylation is 2. The van der Waals surface area contributed by atoms with E-state index in [0.29, 0.717) is 22.1 Å². The SMILES string of the molecule is C/C(=N\N(C)C)C1=C(O)[C@@]2(O)C(=O)c3c(c(C)c4ccc(C)c(O)c4c3O)C[C@H]2[C@@H](N)C1=O.Cl. The van der Waals surface area contributed by atoms with Gasteiger partial charge in [0.15, 0.2) is 11.4 Å². The molecule has 0 aliphatic heterocycles. The van der Waals surface area contributed by atoms with E-state index in [2.05, 4.69) is 5.10 Å². The number of hydrazone groups is 1. The molecule has 10 heteroatoms. The van der Waals surface area contributed by atoms with Crippen LogP contribution in [0.4, 0.5) is 0 Å². The lowest BCUT2D eigenvalue weighted by Gasteiger charge is -2.45. The van der Waals surface area contributed by atoms with Gasteiger partial charge < -0.3 is 31.2 Å². The van der Waals surface area contributed by atoms with Crippen LogP contribution in [0.15, 0.2) is 28.6 Å². The Balaban J connectivity index is 0.00000324. The van der Waals surface area contributed by atoms with E-state index in [1.165, 1.54) is 11.9 Å². The number of rotatable bonds is 2. The van der Waals surface area contributed by atoms with E-state index in [-0.39, 0.29) is 46.8 Å². The van der Waals surface area contributed by atoms with Crippen LogP contribution in [0.2, 0.25) is 0 Å². The first-order valence-electron chi connectivity index (χ1n) is 10.5. The molecule has 2 aliphatic carbocycles. The van der Waals surface area contributed by atoms with E-state index in [9.17, 15) is 30.0 Å². The topological polar surface area (TPSA) is 157 Å². The summed E-state index contributed by atoms with van der Waals surface area (Å²) in [5.41, 5.74) is 4.80. The van der Waals surface area contributed by atoms with Crippen molar-refractivity contribution in [3.05, 3.63) is 45.7 Å². The molecular weight excluding hydrogens is 462 g/mol. The number of Topliss-reactive ketones (excluding diaryl/α,β-unsaturated/α-hetero) is 2. The molecule has 0 saturated heterocycles. The quantitative estimate of drug-likeness (QED) is 0.317. The standard InChI is InChI=1S/C24H27N3O6.ClH/c1-9-6-7-12-10(2)13-8-14-18(25)21(30)15(11(3)26-27(4)5)22(31)24(14,33)23(32)17(13)20(29)16(12)19(9)28;/h6-7,14,18,28-29,31,33H,8,25H2,1-5H3;1H/b26-11+;/t14-,18+,24+;/m0./s1. The zero-order valence-corrected chi connectivity index (χ0v) is 20.3. The monoisotopic (exact) mass is 489 g/mol. The zero-order chi connectivity index (χ0) is 24.6. The van der Waals surface area contributed by atoms with Crippen molar-refractivity contribution < 1.29 is 30.0 Å². The van der Waals surface area contributed by atoms with Crippen molar-refractivity contribution in [3.63, 3.8) is 0 Å². The van der Waals surface area contributed by atoms with Crippen molar-refractivity contribution in [2.24, 2.45) is 16.8 Å². The van der Waals surface area contributed by atoms with Gasteiger partial charge in [0.2, 0.25) is 5.78 Å². The number of hydrogen-bond donors (Lipinski definition) is 5. The fraction of sp³-hybridized carbons (Fsp3) is 0.375. The maximum atomic E-state index is 13.7. The fourth-order valence-corrected chi connectivity index (χ4v) is 5.12. The molecule has 0 aromatic heterocycles. The second kappa shape index (κ2) is 8.26. The van der Waals surface area contributed by atoms with Gasteiger partial charge in [0.1, 0.15) is 17.3 Å². The molecule has 0 bridgehead atoms. The number of carbonyl (C=O) groups is 2. The summed E-state index contributed by atoms with van der Waals surface area (Å²) in [7, 11) is 3.24. The Bertz CT molecular complexity index is 1320. The predicted octanol–water partition coefficient (Wildman–Crippen LogP) is 2.04. The number of carbonyl (C=O) groups excluding carboxylic acids is 2. The lowest BCUT2D eigenvalue weighted by atomic mass is 9.61. The molecule has 4 rings (SSSR count). The van der Waals surface area contributed by atoms with Crippen LogP contribution in [-0.2, 0) is 11.2 Å². The highest BCUT2D eigenvalue weighted by molar-refractivity contribution is 6.26. The minimum Gasteiger partial charge on any atom is -0.508 e. The van der Waals surface area contributed by atoms with Gasteiger partial charge in [-0.1, -0.05) is 12.1 Å². The fourth-order valence-electron chi connectivity index (χ4n) is 5.12. The summed E-state index contributed by atoms with van der Waals surface area (Å²) in [5.74, 6) is -4.24. The molecule has 0 radical (unpaired) electrons. The van der Waals surface area contributed by atoms with E-state index in [0.717, 1.165) is 0 Å². The van der Waals surface area contributed by atoms with Crippen LogP contribution in [-0.4, -0.2) is 68.5 Å². The van der Waals surface area contributed by atoms with Crippen LogP contribution >= 0.6 is 12.4 Å². The van der Waals surface area contributed by atoms with Gasteiger partial charge in [-0.25, -0.2) is 0 Å². The summed E-state index contributed by atoms with van der Waals surface area (Å²) in [5, 5.41) is 50.5. The van der Waals surface area contributed by atoms with E-state index in [1.54, 1.807) is 40.1 Å². The molecule has 6 N–H and O–H groups in total. The highest BCUT2D eigenvalue weighted by atomic mass is 35.5. The third kappa shape index (κ3) is 3.19. The molecule has 2 aromatic carbocycles. The highest BCUT2D eigenvalue weighted by Crippen LogP contribution is 2.50. The van der Waals surface area contributed by atoms with Gasteiger partial charge in [-0.3, -0.25) is 9.59 Å². The molecule has 0 saturated carbocycles. The second-order valence-corrected chi connectivity index (χ2v) is 9.03. The van der Waals surface area contributed by atoms with Gasteiger partial charge >= 0.3 is 0 Å². The first kappa shape index (κ1) is 25.5. The number of phenolic OH excluding ortho intramolecular Hbond substituents is 2. The Kier molecular flexibility index (Phi) is 6.19. The molecule has 0 unspecified atom stereocenters. The predicted molar refractivity (Wildman–Crippen MR) is 130 cm³/mol. The maximum Gasteiger partial charge on any atom is 0.206 e. The lowest BCUT2D eigenvalue weighted by molar-refractivity contribution is -0.122. The first-order valence-corrected chi connectivity index (χ1v) is 10.5. The van der Waals surface area contributed by atoms with E-state index < -0.39 is 40.6 Å². The van der Waals surface area contributed by atoms with Gasteiger partial charge in [-0.2, -0.15) is 5.10 Å². The number of fused-ring (bicyclic) bond motifs is 3. The number of benzene rings is 2. The molecule has 2 aromatic rings. The number of nitrogens with zero attached hydrogens (tertiary/aromatic N) is 2. The average Bonchev–Trinajstić information content (AvgIpc) is 2.73. The Morgan fingerprint density at radius 3 is 2.35 bits per heavy atom. The van der Waals surface area contributed by atoms with Gasteiger partial charge in [-0.15, -0.1) is 12.4 Å². The molecule has 3 atom stereocenters. The Hall–Kier alpha value is -3.14. The number of aromatic hydroxyl groups is 2. The van der Waals surface area contributed by atoms with Gasteiger partial charge in [0.25, 0.3) is 0 Å². The van der Waals surface area contributed by atoms with Crippen LogP contribution in [0.3, 0.4) is 0 Å². The molecular formula is C24H28ClN3O6. The third-order valence-corrected chi connectivity index (χ3v) is 6.84. The number of nitrogens with two attached hydrogens (primary N) is 1. The highest BCUT2D eigenvalue weighted by Gasteiger charge is 2.60. The number of ketones is 2. The molecule has 0 amide bonds. The number of phenols is 2.